The summed E-state index contributed by atoms with van der Waals surface area (Å²) in [5.74, 6) is -0.450. The molecule has 20 heavy (non-hydrogen) atoms. The molecular formula is C14H14BrNO4. The molecule has 1 aromatic heterocycles. The van der Waals surface area contributed by atoms with E-state index in [9.17, 15) is 4.79 Å². The highest BCUT2D eigenvalue weighted by molar-refractivity contribution is 9.10. The molecule has 2 N–H and O–H groups in total. The third-order valence-corrected chi connectivity index (χ3v) is 4.63. The van der Waals surface area contributed by atoms with E-state index in [1.54, 1.807) is 13.4 Å². The second-order valence-corrected chi connectivity index (χ2v) is 5.67. The van der Waals surface area contributed by atoms with Crippen molar-refractivity contribution >= 4 is 32.9 Å². The van der Waals surface area contributed by atoms with E-state index in [0.29, 0.717) is 24.3 Å². The number of benzene rings is 1. The molecule has 5 nitrogen and oxygen atoms in total. The van der Waals surface area contributed by atoms with Gasteiger partial charge in [0.2, 0.25) is 0 Å². The number of nitrogens with one attached hydrogen (secondary N) is 1. The Morgan fingerprint density at radius 2 is 2.40 bits per heavy atom. The molecule has 0 aliphatic carbocycles. The van der Waals surface area contributed by atoms with Crippen LogP contribution in [-0.2, 0) is 4.79 Å². The minimum Gasteiger partial charge on any atom is -0.493 e. The zero-order valence-electron chi connectivity index (χ0n) is 10.9. The second-order valence-electron chi connectivity index (χ2n) is 4.88. The Labute approximate surface area is 124 Å². The van der Waals surface area contributed by atoms with Crippen LogP contribution in [0.2, 0.25) is 0 Å². The smallest absolute Gasteiger partial charge is 0.307 e. The fourth-order valence-corrected chi connectivity index (χ4v) is 3.37. The molecule has 2 unspecified atom stereocenters. The maximum Gasteiger partial charge on any atom is 0.307 e. The van der Waals surface area contributed by atoms with Crippen molar-refractivity contribution in [3.63, 3.8) is 0 Å². The summed E-state index contributed by atoms with van der Waals surface area (Å²) in [6, 6.07) is 3.77. The average molecular weight is 340 g/mol. The number of halogens is 1. The van der Waals surface area contributed by atoms with Gasteiger partial charge in [-0.1, -0.05) is 0 Å². The molecule has 1 saturated heterocycles. The van der Waals surface area contributed by atoms with Gasteiger partial charge in [0.1, 0.15) is 0 Å². The van der Waals surface area contributed by atoms with Crippen molar-refractivity contribution in [3.8, 4) is 5.75 Å². The number of methoxy groups -OCH3 is 1. The molecule has 1 aliphatic heterocycles. The topological polar surface area (TPSA) is 71.7 Å². The van der Waals surface area contributed by atoms with Crippen molar-refractivity contribution in [1.29, 1.82) is 0 Å². The quantitative estimate of drug-likeness (QED) is 0.899. The fraction of sp³-hybridized carbons (Fsp3) is 0.357. The van der Waals surface area contributed by atoms with E-state index in [1.807, 2.05) is 12.1 Å². The number of hydrogen-bond donors (Lipinski definition) is 2. The van der Waals surface area contributed by atoms with Gasteiger partial charge in [0, 0.05) is 22.4 Å². The molecule has 0 bridgehead atoms. The zero-order valence-corrected chi connectivity index (χ0v) is 12.4. The molecule has 3 rings (SSSR count). The first kappa shape index (κ1) is 13.5. The van der Waals surface area contributed by atoms with Crippen LogP contribution >= 0.6 is 15.9 Å². The Morgan fingerprint density at radius 3 is 3.05 bits per heavy atom. The predicted octanol–water partition coefficient (Wildman–Crippen LogP) is 2.94. The molecule has 2 heterocycles. The molecule has 6 heteroatoms. The third kappa shape index (κ3) is 2.09. The summed E-state index contributed by atoms with van der Waals surface area (Å²) in [5, 5.41) is 13.3. The number of rotatable bonds is 3. The molecule has 0 spiro atoms. The van der Waals surface area contributed by atoms with Crippen molar-refractivity contribution in [2.45, 2.75) is 12.5 Å². The highest BCUT2D eigenvalue weighted by atomic mass is 79.9. The fourth-order valence-electron chi connectivity index (χ4n) is 2.66. The maximum absolute atomic E-state index is 11.1. The van der Waals surface area contributed by atoms with Crippen LogP contribution in [0, 0.1) is 5.92 Å². The van der Waals surface area contributed by atoms with Crippen LogP contribution in [-0.4, -0.2) is 24.7 Å². The first-order chi connectivity index (χ1) is 9.61. The number of hydrogen-bond acceptors (Lipinski definition) is 4. The van der Waals surface area contributed by atoms with E-state index in [1.165, 1.54) is 0 Å². The summed E-state index contributed by atoms with van der Waals surface area (Å²) in [6.45, 7) is 0.484. The van der Waals surface area contributed by atoms with Gasteiger partial charge in [0.25, 0.3) is 0 Å². The minimum absolute atomic E-state index is 0.00123. The van der Waals surface area contributed by atoms with Crippen molar-refractivity contribution in [1.82, 2.24) is 5.32 Å². The molecule has 0 saturated carbocycles. The number of carboxylic acid groups (broad SMARTS) is 1. The molecule has 1 aliphatic rings. The van der Waals surface area contributed by atoms with Gasteiger partial charge in [-0.15, -0.1) is 0 Å². The Morgan fingerprint density at radius 1 is 1.60 bits per heavy atom. The number of carboxylic acids is 1. The largest absolute Gasteiger partial charge is 0.493 e. The molecule has 1 fully saturated rings. The van der Waals surface area contributed by atoms with Gasteiger partial charge in [-0.05, 0) is 40.0 Å². The standard InChI is InChI=1S/C14H14BrNO4/c1-19-11-5-9(10-4-7(6-16-10)14(17)18)12(15)8-2-3-20-13(8)11/h2-3,5,7,10,16H,4,6H2,1H3,(H,17,18). The van der Waals surface area contributed by atoms with E-state index >= 15 is 0 Å². The number of furan rings is 1. The summed E-state index contributed by atoms with van der Waals surface area (Å²) in [7, 11) is 1.59. The Kier molecular flexibility index (Phi) is 3.43. The monoisotopic (exact) mass is 339 g/mol. The molecular weight excluding hydrogens is 326 g/mol. The van der Waals surface area contributed by atoms with Gasteiger partial charge in [-0.3, -0.25) is 4.79 Å². The van der Waals surface area contributed by atoms with Crippen molar-refractivity contribution in [2.24, 2.45) is 5.92 Å². The summed E-state index contributed by atoms with van der Waals surface area (Å²) < 4.78 is 11.7. The van der Waals surface area contributed by atoms with Gasteiger partial charge in [-0.2, -0.15) is 0 Å². The van der Waals surface area contributed by atoms with Gasteiger partial charge in [-0.25, -0.2) is 0 Å². The Hall–Kier alpha value is -1.53. The Bertz CT molecular complexity index is 666. The van der Waals surface area contributed by atoms with Crippen molar-refractivity contribution < 1.29 is 19.1 Å². The summed E-state index contributed by atoms with van der Waals surface area (Å²) in [6.07, 6.45) is 2.18. The first-order valence-electron chi connectivity index (χ1n) is 6.31. The van der Waals surface area contributed by atoms with Gasteiger partial charge < -0.3 is 19.6 Å². The van der Waals surface area contributed by atoms with Crippen LogP contribution in [0.25, 0.3) is 11.0 Å². The lowest BCUT2D eigenvalue weighted by molar-refractivity contribution is -0.141. The van der Waals surface area contributed by atoms with Crippen molar-refractivity contribution in [2.75, 3.05) is 13.7 Å². The summed E-state index contributed by atoms with van der Waals surface area (Å²) in [5.41, 5.74) is 1.69. The van der Waals surface area contributed by atoms with Crippen molar-refractivity contribution in [3.05, 3.63) is 28.4 Å². The minimum atomic E-state index is -0.757. The number of ether oxygens (including phenoxy) is 1. The van der Waals surface area contributed by atoms with Crippen LogP contribution in [0.4, 0.5) is 0 Å². The summed E-state index contributed by atoms with van der Waals surface area (Å²) >= 11 is 3.59. The van der Waals surface area contributed by atoms with Gasteiger partial charge in [0.05, 0.1) is 19.3 Å². The molecule has 0 radical (unpaired) electrons. The van der Waals surface area contributed by atoms with Gasteiger partial charge >= 0.3 is 5.97 Å². The van der Waals surface area contributed by atoms with Crippen LogP contribution in [0.1, 0.15) is 18.0 Å². The highest BCUT2D eigenvalue weighted by Gasteiger charge is 2.32. The molecule has 2 aromatic rings. The number of carbonyl (C=O) groups is 1. The van der Waals surface area contributed by atoms with E-state index in [4.69, 9.17) is 14.3 Å². The summed E-state index contributed by atoms with van der Waals surface area (Å²) in [4.78, 5) is 11.1. The normalized spacial score (nSPS) is 22.3. The first-order valence-corrected chi connectivity index (χ1v) is 7.11. The SMILES string of the molecule is COc1cc(C2CC(C(=O)O)CN2)c(Br)c2ccoc12. The lowest BCUT2D eigenvalue weighted by atomic mass is 9.99. The average Bonchev–Trinajstić information content (AvgIpc) is 3.08. The second kappa shape index (κ2) is 5.10. The predicted molar refractivity (Wildman–Crippen MR) is 77.0 cm³/mol. The van der Waals surface area contributed by atoms with E-state index in [0.717, 1.165) is 15.4 Å². The van der Waals surface area contributed by atoms with E-state index < -0.39 is 5.97 Å². The molecule has 106 valence electrons. The highest BCUT2D eigenvalue weighted by Crippen LogP contribution is 2.41. The Balaban J connectivity index is 2.03. The number of fused-ring (bicyclic) bond motifs is 1. The van der Waals surface area contributed by atoms with Crippen LogP contribution in [0.15, 0.2) is 27.3 Å². The lowest BCUT2D eigenvalue weighted by Crippen LogP contribution is -2.17. The lowest BCUT2D eigenvalue weighted by Gasteiger charge is -2.15. The molecule has 1 aromatic carbocycles. The third-order valence-electron chi connectivity index (χ3n) is 3.74. The zero-order chi connectivity index (χ0) is 14.3. The van der Waals surface area contributed by atoms with Gasteiger partial charge in [0.15, 0.2) is 11.3 Å². The van der Waals surface area contributed by atoms with Crippen LogP contribution in [0.3, 0.4) is 0 Å². The number of aliphatic carboxylic acids is 1. The van der Waals surface area contributed by atoms with E-state index in [-0.39, 0.29) is 12.0 Å². The molecule has 2 atom stereocenters. The van der Waals surface area contributed by atoms with Crippen LogP contribution in [0.5, 0.6) is 5.75 Å². The molecule has 0 amide bonds. The van der Waals surface area contributed by atoms with E-state index in [2.05, 4.69) is 21.2 Å². The maximum atomic E-state index is 11.1. The van der Waals surface area contributed by atoms with Crippen LogP contribution < -0.4 is 10.1 Å².